The van der Waals surface area contributed by atoms with Crippen LogP contribution in [-0.2, 0) is 0 Å². The summed E-state index contributed by atoms with van der Waals surface area (Å²) in [6.45, 7) is 4.67. The molecule has 0 aliphatic rings. The second kappa shape index (κ2) is 5.39. The van der Waals surface area contributed by atoms with Crippen LogP contribution in [0.25, 0.3) is 0 Å². The van der Waals surface area contributed by atoms with Gasteiger partial charge in [0.15, 0.2) is 0 Å². The molecule has 0 saturated carbocycles. The van der Waals surface area contributed by atoms with Crippen molar-refractivity contribution in [3.8, 4) is 0 Å². The number of nitrogens with zero attached hydrogens (tertiary/aromatic N) is 2. The molecule has 0 radical (unpaired) electrons. The molecular formula is C12H21N3O. The summed E-state index contributed by atoms with van der Waals surface area (Å²) >= 11 is 0. The van der Waals surface area contributed by atoms with Gasteiger partial charge in [0, 0.05) is 31.5 Å². The molecule has 90 valence electrons. The van der Waals surface area contributed by atoms with Crippen LogP contribution in [0.2, 0.25) is 0 Å². The highest BCUT2D eigenvalue weighted by Gasteiger charge is 2.22. The van der Waals surface area contributed by atoms with E-state index < -0.39 is 5.60 Å². The molecule has 16 heavy (non-hydrogen) atoms. The summed E-state index contributed by atoms with van der Waals surface area (Å²) in [4.78, 5) is 6.14. The highest BCUT2D eigenvalue weighted by molar-refractivity contribution is 5.14. The molecule has 0 aliphatic heterocycles. The molecule has 1 heterocycles. The minimum absolute atomic E-state index is 0.0973. The van der Waals surface area contributed by atoms with E-state index in [1.54, 1.807) is 20.0 Å². The van der Waals surface area contributed by atoms with Gasteiger partial charge < -0.3 is 10.8 Å². The topological polar surface area (TPSA) is 62.4 Å². The standard InChI is InChI=1S/C12H21N3O/c1-12(2,16)9-15(3)11(7-13)10-5-4-6-14-8-10/h4-6,8,11,16H,7,9,13H2,1-3H3. The number of pyridine rings is 1. The summed E-state index contributed by atoms with van der Waals surface area (Å²) in [7, 11) is 1.96. The van der Waals surface area contributed by atoms with E-state index in [1.807, 2.05) is 25.4 Å². The van der Waals surface area contributed by atoms with E-state index in [9.17, 15) is 5.11 Å². The van der Waals surface area contributed by atoms with Gasteiger partial charge in [-0.3, -0.25) is 9.88 Å². The smallest absolute Gasteiger partial charge is 0.0718 e. The maximum atomic E-state index is 9.78. The van der Waals surface area contributed by atoms with Gasteiger partial charge in [-0.15, -0.1) is 0 Å². The Morgan fingerprint density at radius 1 is 1.56 bits per heavy atom. The van der Waals surface area contributed by atoms with Crippen LogP contribution in [0, 0.1) is 0 Å². The molecule has 0 aliphatic carbocycles. The second-order valence-electron chi connectivity index (χ2n) is 4.77. The van der Waals surface area contributed by atoms with Crippen LogP contribution in [0.5, 0.6) is 0 Å². The van der Waals surface area contributed by atoms with Gasteiger partial charge >= 0.3 is 0 Å². The molecule has 0 spiro atoms. The summed E-state index contributed by atoms with van der Waals surface area (Å²) in [5.74, 6) is 0. The summed E-state index contributed by atoms with van der Waals surface area (Å²) < 4.78 is 0. The number of aromatic nitrogens is 1. The lowest BCUT2D eigenvalue weighted by Crippen LogP contribution is -2.40. The Kier molecular flexibility index (Phi) is 4.41. The van der Waals surface area contributed by atoms with E-state index >= 15 is 0 Å². The zero-order chi connectivity index (χ0) is 12.2. The van der Waals surface area contributed by atoms with Crippen molar-refractivity contribution < 1.29 is 5.11 Å². The Balaban J connectivity index is 2.75. The number of nitrogens with two attached hydrogens (primary N) is 1. The van der Waals surface area contributed by atoms with Crippen molar-refractivity contribution in [3.05, 3.63) is 30.1 Å². The highest BCUT2D eigenvalue weighted by Crippen LogP contribution is 2.19. The molecule has 1 unspecified atom stereocenters. The summed E-state index contributed by atoms with van der Waals surface area (Å²) in [6.07, 6.45) is 3.56. The average molecular weight is 223 g/mol. The van der Waals surface area contributed by atoms with Gasteiger partial charge in [-0.05, 0) is 32.5 Å². The van der Waals surface area contributed by atoms with Crippen LogP contribution in [-0.4, -0.2) is 40.7 Å². The molecule has 1 aromatic rings. The van der Waals surface area contributed by atoms with Gasteiger partial charge in [-0.1, -0.05) is 6.07 Å². The number of hydrogen-bond acceptors (Lipinski definition) is 4. The predicted octanol–water partition coefficient (Wildman–Crippen LogP) is 0.784. The molecule has 1 aromatic heterocycles. The third-order valence-corrected chi connectivity index (χ3v) is 2.46. The van der Waals surface area contributed by atoms with Crippen molar-refractivity contribution in [1.82, 2.24) is 9.88 Å². The van der Waals surface area contributed by atoms with Crippen LogP contribution in [0.4, 0.5) is 0 Å². The van der Waals surface area contributed by atoms with Crippen LogP contribution >= 0.6 is 0 Å². The molecule has 3 N–H and O–H groups in total. The third kappa shape index (κ3) is 3.89. The van der Waals surface area contributed by atoms with E-state index in [2.05, 4.69) is 9.88 Å². The first-order valence-corrected chi connectivity index (χ1v) is 5.46. The van der Waals surface area contributed by atoms with Crippen LogP contribution in [0.3, 0.4) is 0 Å². The molecular weight excluding hydrogens is 202 g/mol. The zero-order valence-electron chi connectivity index (χ0n) is 10.2. The lowest BCUT2D eigenvalue weighted by Gasteiger charge is -2.32. The van der Waals surface area contributed by atoms with Gasteiger partial charge in [0.25, 0.3) is 0 Å². The fourth-order valence-electron chi connectivity index (χ4n) is 1.86. The van der Waals surface area contributed by atoms with E-state index in [4.69, 9.17) is 5.73 Å². The third-order valence-electron chi connectivity index (χ3n) is 2.46. The molecule has 0 saturated heterocycles. The van der Waals surface area contributed by atoms with E-state index in [-0.39, 0.29) is 6.04 Å². The Morgan fingerprint density at radius 2 is 2.25 bits per heavy atom. The zero-order valence-corrected chi connectivity index (χ0v) is 10.2. The normalized spacial score (nSPS) is 14.1. The first-order valence-electron chi connectivity index (χ1n) is 5.46. The van der Waals surface area contributed by atoms with Gasteiger partial charge in [-0.2, -0.15) is 0 Å². The van der Waals surface area contributed by atoms with E-state index in [0.717, 1.165) is 5.56 Å². The van der Waals surface area contributed by atoms with Crippen LogP contribution in [0.1, 0.15) is 25.5 Å². The minimum atomic E-state index is -0.718. The number of likely N-dealkylation sites (N-methyl/N-ethyl adjacent to an activating group) is 1. The first kappa shape index (κ1) is 13.1. The van der Waals surface area contributed by atoms with Crippen LogP contribution in [0.15, 0.2) is 24.5 Å². The van der Waals surface area contributed by atoms with Crippen molar-refractivity contribution in [2.24, 2.45) is 5.73 Å². The minimum Gasteiger partial charge on any atom is -0.389 e. The van der Waals surface area contributed by atoms with E-state index in [1.165, 1.54) is 0 Å². The Hall–Kier alpha value is -0.970. The van der Waals surface area contributed by atoms with Gasteiger partial charge in [0.05, 0.1) is 5.60 Å². The number of hydrogen-bond donors (Lipinski definition) is 2. The second-order valence-corrected chi connectivity index (χ2v) is 4.77. The molecule has 0 bridgehead atoms. The lowest BCUT2D eigenvalue weighted by molar-refractivity contribution is 0.0320. The van der Waals surface area contributed by atoms with Crippen molar-refractivity contribution in [3.63, 3.8) is 0 Å². The van der Waals surface area contributed by atoms with Crippen molar-refractivity contribution in [2.75, 3.05) is 20.1 Å². The molecule has 4 heteroatoms. The molecule has 1 atom stereocenters. The lowest BCUT2D eigenvalue weighted by atomic mass is 10.0. The molecule has 0 amide bonds. The van der Waals surface area contributed by atoms with Crippen molar-refractivity contribution >= 4 is 0 Å². The molecule has 0 fully saturated rings. The molecule has 1 rings (SSSR count). The van der Waals surface area contributed by atoms with E-state index in [0.29, 0.717) is 13.1 Å². The summed E-state index contributed by atoms with van der Waals surface area (Å²) in [5, 5.41) is 9.78. The Morgan fingerprint density at radius 3 is 2.69 bits per heavy atom. The number of aliphatic hydroxyl groups is 1. The van der Waals surface area contributed by atoms with Gasteiger partial charge in [0.2, 0.25) is 0 Å². The first-order chi connectivity index (χ1) is 7.44. The predicted molar refractivity (Wildman–Crippen MR) is 65.0 cm³/mol. The fourth-order valence-corrected chi connectivity index (χ4v) is 1.86. The van der Waals surface area contributed by atoms with Gasteiger partial charge in [0.1, 0.15) is 0 Å². The molecule has 4 nitrogen and oxygen atoms in total. The fraction of sp³-hybridized carbons (Fsp3) is 0.583. The average Bonchev–Trinajstić information content (AvgIpc) is 2.17. The van der Waals surface area contributed by atoms with Crippen molar-refractivity contribution in [2.45, 2.75) is 25.5 Å². The summed E-state index contributed by atoms with van der Waals surface area (Å²) in [5.41, 5.74) is 6.14. The monoisotopic (exact) mass is 223 g/mol. The Bertz CT molecular complexity index is 308. The van der Waals surface area contributed by atoms with Gasteiger partial charge in [-0.25, -0.2) is 0 Å². The highest BCUT2D eigenvalue weighted by atomic mass is 16.3. The SMILES string of the molecule is CN(CC(C)(C)O)C(CN)c1cccnc1. The maximum absolute atomic E-state index is 9.78. The van der Waals surface area contributed by atoms with Crippen molar-refractivity contribution in [1.29, 1.82) is 0 Å². The quantitative estimate of drug-likeness (QED) is 0.774. The largest absolute Gasteiger partial charge is 0.389 e. The molecule has 0 aromatic carbocycles. The number of rotatable bonds is 5. The summed E-state index contributed by atoms with van der Waals surface area (Å²) in [6, 6.07) is 4.00. The maximum Gasteiger partial charge on any atom is 0.0718 e. The van der Waals surface area contributed by atoms with Crippen LogP contribution < -0.4 is 5.73 Å². The Labute approximate surface area is 97.1 Å².